The number of hydrogen-bond donors (Lipinski definition) is 1. The lowest BCUT2D eigenvalue weighted by Gasteiger charge is -1.97. The van der Waals surface area contributed by atoms with Crippen LogP contribution in [0.3, 0.4) is 0 Å². The van der Waals surface area contributed by atoms with Crippen LogP contribution in [-0.4, -0.2) is 28.1 Å². The number of aromatic carboxylic acids is 1. The molecule has 0 atom stereocenters. The number of carboxylic acids is 1. The molecule has 0 aliphatic carbocycles. The minimum Gasteiger partial charge on any atom is -0.475 e. The third kappa shape index (κ3) is 3.03. The summed E-state index contributed by atoms with van der Waals surface area (Å²) in [7, 11) is 1.34. The molecule has 1 aromatic carbocycles. The van der Waals surface area contributed by atoms with Crippen LogP contribution in [0, 0.1) is 15.9 Å². The Hall–Kier alpha value is -2.81. The van der Waals surface area contributed by atoms with Crippen LogP contribution in [0.1, 0.15) is 16.2 Å². The van der Waals surface area contributed by atoms with E-state index in [4.69, 9.17) is 14.3 Å². The van der Waals surface area contributed by atoms with E-state index >= 15 is 0 Å². The van der Waals surface area contributed by atoms with E-state index in [1.165, 1.54) is 7.11 Å². The van der Waals surface area contributed by atoms with Gasteiger partial charge in [-0.3, -0.25) is 10.1 Å². The van der Waals surface area contributed by atoms with E-state index in [1.54, 1.807) is 0 Å². The number of carbonyl (C=O) groups is 1. The number of benzene rings is 1. The Balaban J connectivity index is 2.54. The molecule has 0 saturated heterocycles. The molecule has 2 rings (SSSR count). The third-order valence-electron chi connectivity index (χ3n) is 2.51. The molecule has 110 valence electrons. The summed E-state index contributed by atoms with van der Waals surface area (Å²) in [5.41, 5.74) is -0.521. The third-order valence-corrected chi connectivity index (χ3v) is 2.51. The van der Waals surface area contributed by atoms with Crippen molar-refractivity contribution in [3.05, 3.63) is 45.6 Å². The van der Waals surface area contributed by atoms with Crippen molar-refractivity contribution in [2.75, 3.05) is 7.11 Å². The highest BCUT2D eigenvalue weighted by atomic mass is 19.1. The van der Waals surface area contributed by atoms with E-state index in [2.05, 4.69) is 4.98 Å². The number of non-ortho nitro benzene ring substituents is 1. The number of nitro groups is 1. The number of halogens is 1. The molecule has 8 nitrogen and oxygen atoms in total. The van der Waals surface area contributed by atoms with Crippen molar-refractivity contribution in [3.8, 4) is 11.5 Å². The van der Waals surface area contributed by atoms with Crippen LogP contribution in [0.5, 0.6) is 0 Å². The fraction of sp³-hybridized carbons (Fsp3) is 0.167. The van der Waals surface area contributed by atoms with Gasteiger partial charge in [-0.2, -0.15) is 0 Å². The Morgan fingerprint density at radius 1 is 1.52 bits per heavy atom. The van der Waals surface area contributed by atoms with Gasteiger partial charge in [-0.15, -0.1) is 0 Å². The number of rotatable bonds is 5. The average Bonchev–Trinajstić information content (AvgIpc) is 2.82. The molecular formula is C12H9FN2O6. The average molecular weight is 296 g/mol. The van der Waals surface area contributed by atoms with E-state index in [0.717, 1.165) is 18.2 Å². The maximum atomic E-state index is 13.4. The predicted octanol–water partition coefficient (Wildman–Crippen LogP) is 2.23. The van der Waals surface area contributed by atoms with E-state index < -0.39 is 28.2 Å². The molecule has 9 heteroatoms. The van der Waals surface area contributed by atoms with Gasteiger partial charge >= 0.3 is 5.97 Å². The van der Waals surface area contributed by atoms with Gasteiger partial charge in [0.2, 0.25) is 11.7 Å². The Morgan fingerprint density at radius 3 is 2.81 bits per heavy atom. The Bertz CT molecular complexity index is 712. The summed E-state index contributed by atoms with van der Waals surface area (Å²) in [6.07, 6.45) is 0. The van der Waals surface area contributed by atoms with Gasteiger partial charge in [-0.1, -0.05) is 0 Å². The summed E-state index contributed by atoms with van der Waals surface area (Å²) >= 11 is 0. The lowest BCUT2D eigenvalue weighted by molar-refractivity contribution is -0.385. The number of nitrogens with zero attached hydrogens (tertiary/aromatic N) is 2. The number of aromatic nitrogens is 1. The number of ether oxygens (including phenoxy) is 1. The number of oxazole rings is 1. The van der Waals surface area contributed by atoms with Crippen LogP contribution in [0.25, 0.3) is 11.5 Å². The topological polar surface area (TPSA) is 116 Å². The highest BCUT2D eigenvalue weighted by Crippen LogP contribution is 2.27. The van der Waals surface area contributed by atoms with Gasteiger partial charge in [-0.25, -0.2) is 14.2 Å². The Kier molecular flexibility index (Phi) is 3.94. The molecule has 0 bridgehead atoms. The Labute approximate surface area is 116 Å². The molecule has 0 aliphatic rings. The van der Waals surface area contributed by atoms with Gasteiger partial charge < -0.3 is 14.3 Å². The molecule has 0 saturated carbocycles. The summed E-state index contributed by atoms with van der Waals surface area (Å²) in [6, 6.07) is 2.73. The van der Waals surface area contributed by atoms with Gasteiger partial charge in [0.25, 0.3) is 5.69 Å². The second-order valence-electron chi connectivity index (χ2n) is 3.99. The van der Waals surface area contributed by atoms with Crippen LogP contribution in [0.2, 0.25) is 0 Å². The molecule has 0 unspecified atom stereocenters. The van der Waals surface area contributed by atoms with Gasteiger partial charge in [0.1, 0.15) is 11.5 Å². The van der Waals surface area contributed by atoms with Crippen LogP contribution in [0.4, 0.5) is 10.1 Å². The normalized spacial score (nSPS) is 10.6. The standard InChI is InChI=1S/C12H9FN2O6/c1-20-5-9-10(12(16)17)21-11(14-9)6-2-7(13)4-8(3-6)15(18)19/h2-4H,5H2,1H3,(H,16,17). The van der Waals surface area contributed by atoms with E-state index in [1.807, 2.05) is 0 Å². The number of carboxylic acid groups (broad SMARTS) is 1. The molecule has 0 fully saturated rings. The van der Waals surface area contributed by atoms with Crippen molar-refractivity contribution >= 4 is 11.7 Å². The maximum absolute atomic E-state index is 13.4. The summed E-state index contributed by atoms with van der Waals surface area (Å²) in [4.78, 5) is 24.8. The predicted molar refractivity (Wildman–Crippen MR) is 66.2 cm³/mol. The molecule has 1 heterocycles. The molecule has 0 spiro atoms. The zero-order chi connectivity index (χ0) is 15.6. The van der Waals surface area contributed by atoms with E-state index in [-0.39, 0.29) is 23.8 Å². The van der Waals surface area contributed by atoms with Gasteiger partial charge in [0.15, 0.2) is 0 Å². The highest BCUT2D eigenvalue weighted by Gasteiger charge is 2.22. The molecule has 0 radical (unpaired) electrons. The molecule has 1 N–H and O–H groups in total. The van der Waals surface area contributed by atoms with Gasteiger partial charge in [-0.05, 0) is 6.07 Å². The minimum atomic E-state index is -1.37. The van der Waals surface area contributed by atoms with Crippen LogP contribution in [-0.2, 0) is 11.3 Å². The minimum absolute atomic E-state index is 0.00640. The smallest absolute Gasteiger partial charge is 0.373 e. The van der Waals surface area contributed by atoms with Gasteiger partial charge in [0, 0.05) is 18.7 Å². The zero-order valence-electron chi connectivity index (χ0n) is 10.7. The molecular weight excluding hydrogens is 287 g/mol. The van der Waals surface area contributed by atoms with Crippen LogP contribution >= 0.6 is 0 Å². The SMILES string of the molecule is COCc1nc(-c2cc(F)cc([N+](=O)[O-])c2)oc1C(=O)O. The van der Waals surface area contributed by atoms with Crippen molar-refractivity contribution in [1.82, 2.24) is 4.98 Å². The zero-order valence-corrected chi connectivity index (χ0v) is 10.7. The fourth-order valence-electron chi connectivity index (χ4n) is 1.68. The second kappa shape index (κ2) is 5.67. The molecule has 2 aromatic rings. The molecule has 0 amide bonds. The maximum Gasteiger partial charge on any atom is 0.373 e. The number of methoxy groups -OCH3 is 1. The summed E-state index contributed by atoms with van der Waals surface area (Å²) in [6.45, 7) is -0.122. The monoisotopic (exact) mass is 296 g/mol. The fourth-order valence-corrected chi connectivity index (χ4v) is 1.68. The lowest BCUT2D eigenvalue weighted by atomic mass is 10.2. The van der Waals surface area contributed by atoms with E-state index in [0.29, 0.717) is 0 Å². The molecule has 1 aromatic heterocycles. The number of hydrogen-bond acceptors (Lipinski definition) is 6. The van der Waals surface area contributed by atoms with Crippen molar-refractivity contribution < 1.29 is 28.4 Å². The van der Waals surface area contributed by atoms with Crippen molar-refractivity contribution in [1.29, 1.82) is 0 Å². The molecule has 0 aliphatic heterocycles. The summed E-state index contributed by atoms with van der Waals surface area (Å²) in [5, 5.41) is 19.7. The van der Waals surface area contributed by atoms with Crippen LogP contribution in [0.15, 0.2) is 22.6 Å². The summed E-state index contributed by atoms with van der Waals surface area (Å²) < 4.78 is 23.2. The van der Waals surface area contributed by atoms with Crippen LogP contribution < -0.4 is 0 Å². The van der Waals surface area contributed by atoms with Crippen molar-refractivity contribution in [2.45, 2.75) is 6.61 Å². The summed E-state index contributed by atoms with van der Waals surface area (Å²) in [5.74, 6) is -2.92. The van der Waals surface area contributed by atoms with Crippen molar-refractivity contribution in [3.63, 3.8) is 0 Å². The van der Waals surface area contributed by atoms with Gasteiger partial charge in [0.05, 0.1) is 17.6 Å². The first-order valence-electron chi connectivity index (χ1n) is 5.59. The first kappa shape index (κ1) is 14.6. The Morgan fingerprint density at radius 2 is 2.24 bits per heavy atom. The largest absolute Gasteiger partial charge is 0.475 e. The van der Waals surface area contributed by atoms with E-state index in [9.17, 15) is 19.3 Å². The number of nitro benzene ring substituents is 1. The highest BCUT2D eigenvalue weighted by molar-refractivity contribution is 5.86. The quantitative estimate of drug-likeness (QED) is 0.664. The second-order valence-corrected chi connectivity index (χ2v) is 3.99. The first-order valence-corrected chi connectivity index (χ1v) is 5.59. The molecule has 21 heavy (non-hydrogen) atoms. The first-order chi connectivity index (χ1) is 9.92. The van der Waals surface area contributed by atoms with Crippen molar-refractivity contribution in [2.24, 2.45) is 0 Å². The lowest BCUT2D eigenvalue weighted by Crippen LogP contribution is -2.00.